The number of aromatic hydroxyl groups is 1. The van der Waals surface area contributed by atoms with Gasteiger partial charge in [-0.15, -0.1) is 5.10 Å². The van der Waals surface area contributed by atoms with Gasteiger partial charge in [0.05, 0.1) is 17.4 Å². The first-order valence-corrected chi connectivity index (χ1v) is 9.94. The Morgan fingerprint density at radius 3 is 2.86 bits per heavy atom. The maximum Gasteiger partial charge on any atom is 0.251 e. The Labute approximate surface area is 165 Å². The van der Waals surface area contributed by atoms with E-state index < -0.39 is 6.43 Å². The molecule has 0 saturated carbocycles. The van der Waals surface area contributed by atoms with Crippen molar-refractivity contribution in [2.24, 2.45) is 4.99 Å². The number of alkyl halides is 2. The summed E-state index contributed by atoms with van der Waals surface area (Å²) in [7, 11) is 0. The third kappa shape index (κ3) is 3.90. The van der Waals surface area contributed by atoms with Crippen LogP contribution in [-0.2, 0) is 0 Å². The standard InChI is InChI=1S/C19H21F2N5OS/c1-11-6-12(2)17(14(27)7-11)26-9-15-18(24-26)23-19(28-15)22-13-4-3-5-25(8-13)10-16(20)21/h6-7,9,16,27H,3-5,8,10H2,1-2H3. The predicted octanol–water partition coefficient (Wildman–Crippen LogP) is 4.24. The smallest absolute Gasteiger partial charge is 0.251 e. The van der Waals surface area contributed by atoms with Gasteiger partial charge in [0.25, 0.3) is 6.43 Å². The number of hydrogen-bond acceptors (Lipinski definition) is 6. The van der Waals surface area contributed by atoms with E-state index in [1.165, 1.54) is 11.3 Å². The number of rotatable bonds is 4. The zero-order chi connectivity index (χ0) is 19.8. The molecule has 28 heavy (non-hydrogen) atoms. The van der Waals surface area contributed by atoms with Crippen molar-refractivity contribution >= 4 is 32.5 Å². The van der Waals surface area contributed by atoms with E-state index in [9.17, 15) is 13.9 Å². The number of thiazole rings is 1. The van der Waals surface area contributed by atoms with Gasteiger partial charge in [-0.2, -0.15) is 4.98 Å². The Balaban J connectivity index is 1.58. The second-order valence-corrected chi connectivity index (χ2v) is 8.12. The SMILES string of the molecule is Cc1cc(C)c(-n2cc3sc(N=C4CCCN(CC(F)F)C4)nc3n2)c(O)c1. The van der Waals surface area contributed by atoms with Crippen molar-refractivity contribution in [3.05, 3.63) is 29.5 Å². The van der Waals surface area contributed by atoms with Crippen LogP contribution in [0.5, 0.6) is 5.75 Å². The van der Waals surface area contributed by atoms with E-state index in [4.69, 9.17) is 0 Å². The molecule has 0 radical (unpaired) electrons. The highest BCUT2D eigenvalue weighted by molar-refractivity contribution is 7.21. The Morgan fingerprint density at radius 2 is 2.14 bits per heavy atom. The van der Waals surface area contributed by atoms with Crippen LogP contribution in [-0.4, -0.2) is 56.5 Å². The van der Waals surface area contributed by atoms with Gasteiger partial charge in [-0.3, -0.25) is 4.90 Å². The minimum Gasteiger partial charge on any atom is -0.506 e. The lowest BCUT2D eigenvalue weighted by Gasteiger charge is -2.26. The summed E-state index contributed by atoms with van der Waals surface area (Å²) in [5.74, 6) is 0.175. The molecule has 0 unspecified atom stereocenters. The van der Waals surface area contributed by atoms with Crippen LogP contribution in [0.3, 0.4) is 0 Å². The predicted molar refractivity (Wildman–Crippen MR) is 107 cm³/mol. The number of fused-ring (bicyclic) bond motifs is 1. The number of nitrogens with zero attached hydrogens (tertiary/aromatic N) is 5. The Bertz CT molecular complexity index is 988. The fourth-order valence-electron chi connectivity index (χ4n) is 3.61. The van der Waals surface area contributed by atoms with Crippen LogP contribution in [0.4, 0.5) is 13.9 Å². The van der Waals surface area contributed by atoms with Gasteiger partial charge in [-0.05, 0) is 50.4 Å². The van der Waals surface area contributed by atoms with Crippen molar-refractivity contribution in [3.63, 3.8) is 0 Å². The Morgan fingerprint density at radius 1 is 1.32 bits per heavy atom. The van der Waals surface area contributed by atoms with Gasteiger partial charge < -0.3 is 5.11 Å². The van der Waals surface area contributed by atoms with Crippen LogP contribution in [0.15, 0.2) is 23.3 Å². The summed E-state index contributed by atoms with van der Waals surface area (Å²) >= 11 is 1.41. The zero-order valence-corrected chi connectivity index (χ0v) is 16.5. The number of halogens is 2. The zero-order valence-electron chi connectivity index (χ0n) is 15.7. The highest BCUT2D eigenvalue weighted by atomic mass is 32.1. The normalized spacial score (nSPS) is 17.2. The number of likely N-dealkylation sites (tertiary alicyclic amines) is 1. The average molecular weight is 405 g/mol. The third-order valence-electron chi connectivity index (χ3n) is 4.71. The van der Waals surface area contributed by atoms with E-state index in [1.807, 2.05) is 26.1 Å². The van der Waals surface area contributed by atoms with Gasteiger partial charge in [-0.1, -0.05) is 17.4 Å². The monoisotopic (exact) mass is 405 g/mol. The van der Waals surface area contributed by atoms with Crippen molar-refractivity contribution in [1.29, 1.82) is 0 Å². The average Bonchev–Trinajstić information content (AvgIpc) is 3.11. The molecule has 1 aliphatic heterocycles. The van der Waals surface area contributed by atoms with E-state index in [2.05, 4.69) is 15.1 Å². The van der Waals surface area contributed by atoms with E-state index in [0.717, 1.165) is 34.4 Å². The summed E-state index contributed by atoms with van der Waals surface area (Å²) in [5, 5.41) is 15.4. The van der Waals surface area contributed by atoms with Crippen molar-refractivity contribution in [3.8, 4) is 11.4 Å². The first-order chi connectivity index (χ1) is 13.4. The third-order valence-corrected chi connectivity index (χ3v) is 5.59. The summed E-state index contributed by atoms with van der Waals surface area (Å²) in [6, 6.07) is 3.70. The molecule has 0 atom stereocenters. The maximum absolute atomic E-state index is 12.6. The number of aliphatic imine (C=N–C) groups is 1. The largest absolute Gasteiger partial charge is 0.506 e. The molecule has 3 heterocycles. The number of phenols is 1. The van der Waals surface area contributed by atoms with Crippen LogP contribution < -0.4 is 0 Å². The highest BCUT2D eigenvalue weighted by Gasteiger charge is 2.20. The molecule has 0 aliphatic carbocycles. The maximum atomic E-state index is 12.6. The van der Waals surface area contributed by atoms with Crippen LogP contribution in [0.2, 0.25) is 0 Å². The molecule has 0 bridgehead atoms. The Kier molecular flexibility index (Phi) is 5.11. The van der Waals surface area contributed by atoms with Crippen molar-refractivity contribution < 1.29 is 13.9 Å². The molecule has 9 heteroatoms. The molecule has 1 N–H and O–H groups in total. The number of aryl methyl sites for hydroxylation is 2. The van der Waals surface area contributed by atoms with Gasteiger partial charge in [0.2, 0.25) is 5.13 Å². The van der Waals surface area contributed by atoms with Crippen LogP contribution in [0.25, 0.3) is 16.0 Å². The number of phenolic OH excluding ortho intramolecular Hbond substituents is 1. The molecule has 3 aromatic rings. The molecule has 1 aromatic carbocycles. The molecule has 1 saturated heterocycles. The van der Waals surface area contributed by atoms with Gasteiger partial charge in [-0.25, -0.2) is 18.5 Å². The topological polar surface area (TPSA) is 66.5 Å². The van der Waals surface area contributed by atoms with E-state index in [1.54, 1.807) is 15.6 Å². The first-order valence-electron chi connectivity index (χ1n) is 9.13. The van der Waals surface area contributed by atoms with Crippen molar-refractivity contribution in [2.75, 3.05) is 19.6 Å². The molecule has 1 fully saturated rings. The summed E-state index contributed by atoms with van der Waals surface area (Å²) in [4.78, 5) is 10.8. The molecule has 148 valence electrons. The highest BCUT2D eigenvalue weighted by Crippen LogP contribution is 2.32. The Hall–Kier alpha value is -2.39. The summed E-state index contributed by atoms with van der Waals surface area (Å²) in [5.41, 5.74) is 3.98. The second-order valence-electron chi connectivity index (χ2n) is 7.12. The van der Waals surface area contributed by atoms with Gasteiger partial charge in [0.15, 0.2) is 5.65 Å². The minimum absolute atomic E-state index is 0.175. The molecular weight excluding hydrogens is 384 g/mol. The lowest BCUT2D eigenvalue weighted by Crippen LogP contribution is -2.38. The molecule has 0 amide bonds. The number of hydrogen-bond donors (Lipinski definition) is 1. The molecular formula is C19H21F2N5OS. The van der Waals surface area contributed by atoms with Gasteiger partial charge in [0.1, 0.15) is 11.4 Å². The fourth-order valence-corrected chi connectivity index (χ4v) is 4.44. The summed E-state index contributed by atoms with van der Waals surface area (Å²) in [6.45, 7) is 4.77. The minimum atomic E-state index is -2.33. The molecule has 6 nitrogen and oxygen atoms in total. The molecule has 2 aromatic heterocycles. The van der Waals surface area contributed by atoms with Gasteiger partial charge >= 0.3 is 0 Å². The van der Waals surface area contributed by atoms with E-state index >= 15 is 0 Å². The number of benzene rings is 1. The molecule has 4 rings (SSSR count). The van der Waals surface area contributed by atoms with E-state index in [-0.39, 0.29) is 12.3 Å². The van der Waals surface area contributed by atoms with Crippen molar-refractivity contribution in [1.82, 2.24) is 19.7 Å². The van der Waals surface area contributed by atoms with Crippen LogP contribution in [0.1, 0.15) is 24.0 Å². The lowest BCUT2D eigenvalue weighted by atomic mass is 10.1. The molecule has 0 spiro atoms. The molecule has 1 aliphatic rings. The quantitative estimate of drug-likeness (QED) is 0.705. The lowest BCUT2D eigenvalue weighted by molar-refractivity contribution is 0.0924. The van der Waals surface area contributed by atoms with Gasteiger partial charge in [0, 0.05) is 12.3 Å². The van der Waals surface area contributed by atoms with Crippen LogP contribution >= 0.6 is 11.3 Å². The number of piperidine rings is 1. The van der Waals surface area contributed by atoms with Crippen LogP contribution in [0, 0.1) is 13.8 Å². The first kappa shape index (κ1) is 18.9. The summed E-state index contributed by atoms with van der Waals surface area (Å²) < 4.78 is 27.7. The van der Waals surface area contributed by atoms with E-state index in [0.29, 0.717) is 29.6 Å². The second kappa shape index (κ2) is 7.56. The summed E-state index contributed by atoms with van der Waals surface area (Å²) in [6.07, 6.45) is 1.13. The fraction of sp³-hybridized carbons (Fsp3) is 0.421. The number of aromatic nitrogens is 3. The van der Waals surface area contributed by atoms with Crippen molar-refractivity contribution in [2.45, 2.75) is 33.1 Å².